The van der Waals surface area contributed by atoms with E-state index in [1.807, 2.05) is 0 Å². The molecule has 0 radical (unpaired) electrons. The molecule has 0 unspecified atom stereocenters. The van der Waals surface area contributed by atoms with Crippen molar-refractivity contribution in [3.63, 3.8) is 0 Å². The molecule has 0 aliphatic carbocycles. The standard InChI is InChI=1S/C9H10N4O/c1-6-3-8(4-7(2)14)13-9(12-6)11-5-10/h3H,4H2,1-2H3,(H,11,12,13). The molecule has 5 nitrogen and oxygen atoms in total. The predicted molar refractivity (Wildman–Crippen MR) is 50.4 cm³/mol. The van der Waals surface area contributed by atoms with Gasteiger partial charge in [-0.2, -0.15) is 5.26 Å². The van der Waals surface area contributed by atoms with Crippen molar-refractivity contribution in [2.75, 3.05) is 5.32 Å². The van der Waals surface area contributed by atoms with Gasteiger partial charge in [0.2, 0.25) is 5.95 Å². The zero-order chi connectivity index (χ0) is 10.6. The highest BCUT2D eigenvalue weighted by atomic mass is 16.1. The summed E-state index contributed by atoms with van der Waals surface area (Å²) >= 11 is 0. The summed E-state index contributed by atoms with van der Waals surface area (Å²) in [4.78, 5) is 18.8. The summed E-state index contributed by atoms with van der Waals surface area (Å²) in [6.07, 6.45) is 2.00. The fraction of sp³-hybridized carbons (Fsp3) is 0.333. The van der Waals surface area contributed by atoms with E-state index in [2.05, 4.69) is 15.3 Å². The summed E-state index contributed by atoms with van der Waals surface area (Å²) in [6.45, 7) is 3.28. The van der Waals surface area contributed by atoms with Gasteiger partial charge < -0.3 is 0 Å². The number of aromatic nitrogens is 2. The van der Waals surface area contributed by atoms with Crippen LogP contribution in [0.4, 0.5) is 5.95 Å². The van der Waals surface area contributed by atoms with Crippen LogP contribution in [0.15, 0.2) is 6.07 Å². The molecule has 0 bridgehead atoms. The van der Waals surface area contributed by atoms with Gasteiger partial charge in [-0.05, 0) is 19.9 Å². The van der Waals surface area contributed by atoms with Crippen molar-refractivity contribution in [3.8, 4) is 6.19 Å². The van der Waals surface area contributed by atoms with E-state index in [1.165, 1.54) is 6.92 Å². The molecule has 0 aromatic carbocycles. The van der Waals surface area contributed by atoms with Gasteiger partial charge in [0.25, 0.3) is 0 Å². The lowest BCUT2D eigenvalue weighted by atomic mass is 10.2. The number of rotatable bonds is 3. The SMILES string of the molecule is CC(=O)Cc1cc(C)nc(NC#N)n1. The number of nitrogens with one attached hydrogen (secondary N) is 1. The van der Waals surface area contributed by atoms with Crippen LogP contribution < -0.4 is 5.32 Å². The lowest BCUT2D eigenvalue weighted by Gasteiger charge is -2.01. The molecule has 1 rings (SSSR count). The van der Waals surface area contributed by atoms with Crippen LogP contribution in [-0.2, 0) is 11.2 Å². The van der Waals surface area contributed by atoms with Gasteiger partial charge in [0, 0.05) is 12.1 Å². The molecule has 0 fully saturated rings. The van der Waals surface area contributed by atoms with Gasteiger partial charge in [0.1, 0.15) is 5.78 Å². The molecular formula is C9H10N4O. The van der Waals surface area contributed by atoms with Crippen LogP contribution in [0.3, 0.4) is 0 Å². The summed E-state index contributed by atoms with van der Waals surface area (Å²) in [7, 11) is 0. The molecule has 0 saturated carbocycles. The van der Waals surface area contributed by atoms with E-state index in [1.54, 1.807) is 19.2 Å². The molecule has 14 heavy (non-hydrogen) atoms. The smallest absolute Gasteiger partial charge is 0.236 e. The lowest BCUT2D eigenvalue weighted by molar-refractivity contribution is -0.116. The number of carbonyl (C=O) groups is 1. The Morgan fingerprint density at radius 3 is 2.93 bits per heavy atom. The summed E-state index contributed by atoms with van der Waals surface area (Å²) in [5, 5.41) is 10.7. The second-order valence-electron chi connectivity index (χ2n) is 2.94. The first-order valence-electron chi connectivity index (χ1n) is 4.11. The van der Waals surface area contributed by atoms with Crippen LogP contribution in [-0.4, -0.2) is 15.8 Å². The van der Waals surface area contributed by atoms with Gasteiger partial charge in [-0.3, -0.25) is 10.1 Å². The molecule has 0 aliphatic heterocycles. The van der Waals surface area contributed by atoms with Crippen molar-refractivity contribution in [1.82, 2.24) is 9.97 Å². The van der Waals surface area contributed by atoms with E-state index in [9.17, 15) is 4.79 Å². The van der Waals surface area contributed by atoms with Gasteiger partial charge in [-0.15, -0.1) is 0 Å². The van der Waals surface area contributed by atoms with Crippen molar-refractivity contribution >= 4 is 11.7 Å². The molecule has 1 heterocycles. The van der Waals surface area contributed by atoms with E-state index < -0.39 is 0 Å². The second kappa shape index (κ2) is 4.33. The predicted octanol–water partition coefficient (Wildman–Crippen LogP) is 0.809. The number of nitrogens with zero attached hydrogens (tertiary/aromatic N) is 3. The van der Waals surface area contributed by atoms with E-state index in [4.69, 9.17) is 5.26 Å². The van der Waals surface area contributed by atoms with Crippen LogP contribution in [0.25, 0.3) is 0 Å². The molecular weight excluding hydrogens is 180 g/mol. The molecule has 0 spiro atoms. The zero-order valence-electron chi connectivity index (χ0n) is 8.03. The number of ketones is 1. The van der Waals surface area contributed by atoms with E-state index >= 15 is 0 Å². The Balaban J connectivity index is 2.96. The van der Waals surface area contributed by atoms with E-state index in [-0.39, 0.29) is 18.2 Å². The number of carbonyl (C=O) groups excluding carboxylic acids is 1. The molecule has 5 heteroatoms. The normalized spacial score (nSPS) is 9.21. The van der Waals surface area contributed by atoms with Crippen molar-refractivity contribution in [2.24, 2.45) is 0 Å². The molecule has 1 aromatic heterocycles. The van der Waals surface area contributed by atoms with Crippen LogP contribution in [0.5, 0.6) is 0 Å². The Bertz CT molecular complexity index is 394. The minimum atomic E-state index is 0.0333. The van der Waals surface area contributed by atoms with Gasteiger partial charge in [0.15, 0.2) is 6.19 Å². The van der Waals surface area contributed by atoms with Crippen molar-refractivity contribution < 1.29 is 4.79 Å². The topological polar surface area (TPSA) is 78.7 Å². The van der Waals surface area contributed by atoms with Crippen molar-refractivity contribution in [3.05, 3.63) is 17.5 Å². The number of Topliss-reactive ketones (excluding diaryl/α,β-unsaturated/α-hetero) is 1. The molecule has 0 aliphatic rings. The summed E-state index contributed by atoms with van der Waals surface area (Å²) in [5.41, 5.74) is 1.36. The maximum atomic E-state index is 10.8. The maximum Gasteiger partial charge on any atom is 0.236 e. The van der Waals surface area contributed by atoms with Gasteiger partial charge in [0.05, 0.1) is 5.69 Å². The Labute approximate surface area is 81.8 Å². The van der Waals surface area contributed by atoms with Gasteiger partial charge >= 0.3 is 0 Å². The first kappa shape index (κ1) is 10.1. The van der Waals surface area contributed by atoms with E-state index in [0.29, 0.717) is 5.69 Å². The first-order chi connectivity index (χ1) is 6.61. The minimum Gasteiger partial charge on any atom is -0.300 e. The number of nitriles is 1. The van der Waals surface area contributed by atoms with Gasteiger partial charge in [-0.1, -0.05) is 0 Å². The first-order valence-corrected chi connectivity index (χ1v) is 4.11. The number of aryl methyl sites for hydroxylation is 1. The molecule has 72 valence electrons. The average molecular weight is 190 g/mol. The molecule has 1 aromatic rings. The number of hydrogen-bond donors (Lipinski definition) is 1. The lowest BCUT2D eigenvalue weighted by Crippen LogP contribution is -2.04. The van der Waals surface area contributed by atoms with Crippen LogP contribution in [0.2, 0.25) is 0 Å². The molecule has 0 amide bonds. The Morgan fingerprint density at radius 2 is 2.36 bits per heavy atom. The van der Waals surface area contributed by atoms with Crippen molar-refractivity contribution in [1.29, 1.82) is 5.26 Å². The van der Waals surface area contributed by atoms with Crippen LogP contribution in [0, 0.1) is 18.4 Å². The Hall–Kier alpha value is -1.96. The fourth-order valence-electron chi connectivity index (χ4n) is 1.09. The summed E-state index contributed by atoms with van der Waals surface area (Å²) < 4.78 is 0. The minimum absolute atomic E-state index is 0.0333. The summed E-state index contributed by atoms with van der Waals surface area (Å²) in [6, 6.07) is 1.73. The quantitative estimate of drug-likeness (QED) is 0.563. The number of anilines is 1. The third-order valence-corrected chi connectivity index (χ3v) is 1.51. The highest BCUT2D eigenvalue weighted by Crippen LogP contribution is 2.05. The van der Waals surface area contributed by atoms with Gasteiger partial charge in [-0.25, -0.2) is 9.97 Å². The van der Waals surface area contributed by atoms with E-state index in [0.717, 1.165) is 5.69 Å². The monoisotopic (exact) mass is 190 g/mol. The third kappa shape index (κ3) is 2.83. The molecule has 0 atom stereocenters. The highest BCUT2D eigenvalue weighted by molar-refractivity contribution is 5.77. The largest absolute Gasteiger partial charge is 0.300 e. The number of hydrogen-bond acceptors (Lipinski definition) is 5. The molecule has 0 saturated heterocycles. The third-order valence-electron chi connectivity index (χ3n) is 1.51. The van der Waals surface area contributed by atoms with Crippen LogP contribution >= 0.6 is 0 Å². The van der Waals surface area contributed by atoms with Crippen molar-refractivity contribution in [2.45, 2.75) is 20.3 Å². The Morgan fingerprint density at radius 1 is 1.64 bits per heavy atom. The highest BCUT2D eigenvalue weighted by Gasteiger charge is 2.03. The second-order valence-corrected chi connectivity index (χ2v) is 2.94. The summed E-state index contributed by atoms with van der Waals surface area (Å²) in [5.74, 6) is 0.273. The maximum absolute atomic E-state index is 10.8. The molecule has 1 N–H and O–H groups in total. The fourth-order valence-corrected chi connectivity index (χ4v) is 1.09. The van der Waals surface area contributed by atoms with Crippen LogP contribution in [0.1, 0.15) is 18.3 Å². The zero-order valence-corrected chi connectivity index (χ0v) is 8.03. The Kier molecular flexibility index (Phi) is 3.13. The average Bonchev–Trinajstić information content (AvgIpc) is 2.01.